The third-order valence-corrected chi connectivity index (χ3v) is 2.66. The highest BCUT2D eigenvalue weighted by atomic mass is 32.1. The van der Waals surface area contributed by atoms with Crippen molar-refractivity contribution in [1.29, 1.82) is 0 Å². The van der Waals surface area contributed by atoms with Crippen molar-refractivity contribution in [3.8, 4) is 23.0 Å². The second-order valence-corrected chi connectivity index (χ2v) is 3.99. The van der Waals surface area contributed by atoms with Gasteiger partial charge in [-0.3, -0.25) is 0 Å². The molecule has 1 aromatic carbocycles. The molecule has 6 heteroatoms. The number of nitrogens with zero attached hydrogens (tertiary/aromatic N) is 2. The van der Waals surface area contributed by atoms with Gasteiger partial charge >= 0.3 is 0 Å². The summed E-state index contributed by atoms with van der Waals surface area (Å²) in [4.78, 5) is 0. The van der Waals surface area contributed by atoms with Crippen molar-refractivity contribution >= 4 is 12.6 Å². The zero-order valence-corrected chi connectivity index (χ0v) is 11.1. The summed E-state index contributed by atoms with van der Waals surface area (Å²) in [7, 11) is 3.19. The lowest BCUT2D eigenvalue weighted by Crippen LogP contribution is -1.90. The molecule has 2 aromatic rings. The molecule has 1 heterocycles. The number of ether oxygens (including phenoxy) is 2. The third kappa shape index (κ3) is 2.59. The van der Waals surface area contributed by atoms with E-state index in [9.17, 15) is 0 Å². The van der Waals surface area contributed by atoms with Gasteiger partial charge in [0.05, 0.1) is 19.8 Å². The molecule has 0 amide bonds. The average molecular weight is 266 g/mol. The van der Waals surface area contributed by atoms with Crippen molar-refractivity contribution in [3.63, 3.8) is 0 Å². The smallest absolute Gasteiger partial charge is 0.251 e. The van der Waals surface area contributed by atoms with Gasteiger partial charge in [-0.25, -0.2) is 0 Å². The molecule has 0 N–H and O–H groups in total. The Morgan fingerprint density at radius 1 is 1.22 bits per heavy atom. The number of aromatic nitrogens is 2. The van der Waals surface area contributed by atoms with E-state index in [1.54, 1.807) is 20.3 Å². The molecule has 0 aliphatic carbocycles. The molecule has 0 radical (unpaired) electrons. The van der Waals surface area contributed by atoms with Gasteiger partial charge in [0.1, 0.15) is 11.5 Å². The fourth-order valence-corrected chi connectivity index (χ4v) is 1.73. The van der Waals surface area contributed by atoms with Gasteiger partial charge in [-0.1, -0.05) is 0 Å². The van der Waals surface area contributed by atoms with Crippen molar-refractivity contribution in [2.75, 3.05) is 20.0 Å². The van der Waals surface area contributed by atoms with Crippen LogP contribution in [0.1, 0.15) is 5.89 Å². The lowest BCUT2D eigenvalue weighted by molar-refractivity contribution is 0.394. The number of thiol groups is 1. The highest BCUT2D eigenvalue weighted by Gasteiger charge is 2.14. The Hall–Kier alpha value is -1.69. The molecular formula is C12H14N2O3S. The Balaban J connectivity index is 2.36. The number of benzene rings is 1. The standard InChI is InChI=1S/C12H14N2O3S/c1-15-8-3-4-9(10(7-8)16-2)12-14-13-11(17-12)5-6-18/h3-4,7,18H,5-6H2,1-2H3. The predicted molar refractivity (Wildman–Crippen MR) is 70.4 cm³/mol. The maximum absolute atomic E-state index is 5.53. The zero-order chi connectivity index (χ0) is 13.0. The first kappa shape index (κ1) is 12.8. The molecule has 0 unspecified atom stereocenters. The maximum Gasteiger partial charge on any atom is 0.251 e. The van der Waals surface area contributed by atoms with Crippen molar-refractivity contribution in [3.05, 3.63) is 24.1 Å². The molecule has 1 aromatic heterocycles. The monoisotopic (exact) mass is 266 g/mol. The van der Waals surface area contributed by atoms with Crippen LogP contribution >= 0.6 is 12.6 Å². The van der Waals surface area contributed by atoms with Crippen molar-refractivity contribution in [1.82, 2.24) is 10.2 Å². The van der Waals surface area contributed by atoms with Gasteiger partial charge in [0.25, 0.3) is 5.89 Å². The molecule has 0 bridgehead atoms. The zero-order valence-electron chi connectivity index (χ0n) is 10.2. The van der Waals surface area contributed by atoms with Crippen molar-refractivity contribution in [2.45, 2.75) is 6.42 Å². The van der Waals surface area contributed by atoms with Crippen LogP contribution in [0.5, 0.6) is 11.5 Å². The Bertz CT molecular complexity index is 528. The van der Waals surface area contributed by atoms with Gasteiger partial charge in [-0.2, -0.15) is 12.6 Å². The minimum Gasteiger partial charge on any atom is -0.497 e. The predicted octanol–water partition coefficient (Wildman–Crippen LogP) is 2.23. The highest BCUT2D eigenvalue weighted by molar-refractivity contribution is 7.80. The van der Waals surface area contributed by atoms with E-state index >= 15 is 0 Å². The molecule has 0 atom stereocenters. The Kier molecular flexibility index (Phi) is 4.09. The molecule has 0 saturated carbocycles. The summed E-state index contributed by atoms with van der Waals surface area (Å²) in [5.74, 6) is 3.02. The van der Waals surface area contributed by atoms with Crippen molar-refractivity contribution in [2.24, 2.45) is 0 Å². The quantitative estimate of drug-likeness (QED) is 0.841. The first-order valence-electron chi connectivity index (χ1n) is 5.44. The largest absolute Gasteiger partial charge is 0.497 e. The van der Waals surface area contributed by atoms with Crippen LogP contribution < -0.4 is 9.47 Å². The fourth-order valence-electron chi connectivity index (χ4n) is 1.53. The number of rotatable bonds is 5. The summed E-state index contributed by atoms with van der Waals surface area (Å²) >= 11 is 4.12. The molecular weight excluding hydrogens is 252 g/mol. The molecule has 0 aliphatic heterocycles. The normalized spacial score (nSPS) is 10.4. The molecule has 96 valence electrons. The second kappa shape index (κ2) is 5.77. The van der Waals surface area contributed by atoms with E-state index in [2.05, 4.69) is 22.8 Å². The number of hydrogen-bond donors (Lipinski definition) is 1. The van der Waals surface area contributed by atoms with Gasteiger partial charge in [0, 0.05) is 12.5 Å². The Morgan fingerprint density at radius 3 is 2.72 bits per heavy atom. The van der Waals surface area contributed by atoms with Gasteiger partial charge in [-0.15, -0.1) is 10.2 Å². The summed E-state index contributed by atoms with van der Waals surface area (Å²) in [5.41, 5.74) is 0.746. The molecule has 0 spiro atoms. The van der Waals surface area contributed by atoms with E-state index in [4.69, 9.17) is 13.9 Å². The minimum absolute atomic E-state index is 0.436. The van der Waals surface area contributed by atoms with Crippen LogP contribution in [0.15, 0.2) is 22.6 Å². The van der Waals surface area contributed by atoms with E-state index in [1.807, 2.05) is 12.1 Å². The highest BCUT2D eigenvalue weighted by Crippen LogP contribution is 2.32. The number of methoxy groups -OCH3 is 2. The van der Waals surface area contributed by atoms with Gasteiger partial charge < -0.3 is 13.9 Å². The second-order valence-electron chi connectivity index (χ2n) is 3.54. The molecule has 5 nitrogen and oxygen atoms in total. The number of aryl methyl sites for hydroxylation is 1. The summed E-state index contributed by atoms with van der Waals surface area (Å²) in [6, 6.07) is 5.42. The third-order valence-electron chi connectivity index (χ3n) is 2.43. The maximum atomic E-state index is 5.53. The van der Waals surface area contributed by atoms with Crippen LogP contribution in [0.2, 0.25) is 0 Å². The van der Waals surface area contributed by atoms with Crippen LogP contribution in [0.4, 0.5) is 0 Å². The van der Waals surface area contributed by atoms with Crippen LogP contribution in [-0.4, -0.2) is 30.2 Å². The minimum atomic E-state index is 0.436. The van der Waals surface area contributed by atoms with E-state index in [1.165, 1.54) is 0 Å². The summed E-state index contributed by atoms with van der Waals surface area (Å²) < 4.78 is 16.0. The lowest BCUT2D eigenvalue weighted by Gasteiger charge is -2.07. The van der Waals surface area contributed by atoms with Crippen LogP contribution in [-0.2, 0) is 6.42 Å². The summed E-state index contributed by atoms with van der Waals surface area (Å²) in [6.45, 7) is 0. The van der Waals surface area contributed by atoms with Gasteiger partial charge in [-0.05, 0) is 17.9 Å². The fraction of sp³-hybridized carbons (Fsp3) is 0.333. The first-order chi connectivity index (χ1) is 8.78. The molecule has 2 rings (SSSR count). The Morgan fingerprint density at radius 2 is 2.06 bits per heavy atom. The molecule has 0 aliphatic rings. The van der Waals surface area contributed by atoms with E-state index in [0.717, 1.165) is 5.56 Å². The van der Waals surface area contributed by atoms with Crippen LogP contribution in [0.3, 0.4) is 0 Å². The lowest BCUT2D eigenvalue weighted by atomic mass is 10.2. The molecule has 0 saturated heterocycles. The van der Waals surface area contributed by atoms with Crippen molar-refractivity contribution < 1.29 is 13.9 Å². The Labute approximate surface area is 111 Å². The molecule has 18 heavy (non-hydrogen) atoms. The topological polar surface area (TPSA) is 57.4 Å². The molecule has 0 fully saturated rings. The van der Waals surface area contributed by atoms with Crippen LogP contribution in [0.25, 0.3) is 11.5 Å². The van der Waals surface area contributed by atoms with Gasteiger partial charge in [0.2, 0.25) is 5.89 Å². The SMILES string of the molecule is COc1ccc(-c2nnc(CCS)o2)c(OC)c1. The number of hydrogen-bond acceptors (Lipinski definition) is 6. The van der Waals surface area contributed by atoms with Crippen LogP contribution in [0, 0.1) is 0 Å². The summed E-state index contributed by atoms with van der Waals surface area (Å²) in [5, 5.41) is 7.95. The summed E-state index contributed by atoms with van der Waals surface area (Å²) in [6.07, 6.45) is 0.647. The van der Waals surface area contributed by atoms with E-state index in [0.29, 0.717) is 35.5 Å². The van der Waals surface area contributed by atoms with E-state index < -0.39 is 0 Å². The first-order valence-corrected chi connectivity index (χ1v) is 6.07. The van der Waals surface area contributed by atoms with Gasteiger partial charge in [0.15, 0.2) is 0 Å². The average Bonchev–Trinajstić information content (AvgIpc) is 2.87. The van der Waals surface area contributed by atoms with E-state index in [-0.39, 0.29) is 0 Å².